The highest BCUT2D eigenvalue weighted by molar-refractivity contribution is 5.93. The van der Waals surface area contributed by atoms with Crippen LogP contribution in [0, 0.1) is 0 Å². The normalized spacial score (nSPS) is 10.3. The number of rotatable bonds is 6. The van der Waals surface area contributed by atoms with Gasteiger partial charge in [-0.1, -0.05) is 17.3 Å². The number of benzene rings is 1. The molecule has 1 amide bonds. The van der Waals surface area contributed by atoms with Crippen LogP contribution in [0.1, 0.15) is 26.4 Å². The number of amides is 1. The fourth-order valence-corrected chi connectivity index (χ4v) is 2.36. The Morgan fingerprint density at radius 2 is 2.00 bits per heavy atom. The molecule has 0 atom stereocenters. The Hall–Kier alpha value is -3.48. The zero-order valence-electron chi connectivity index (χ0n) is 14.1. The molecule has 1 N–H and O–H groups in total. The van der Waals surface area contributed by atoms with Crippen LogP contribution in [0.5, 0.6) is 0 Å². The number of nitrogens with zero attached hydrogens (tertiary/aromatic N) is 2. The zero-order valence-corrected chi connectivity index (χ0v) is 14.1. The van der Waals surface area contributed by atoms with Gasteiger partial charge in [0, 0.05) is 30.6 Å². The lowest BCUT2D eigenvalue weighted by Gasteiger charge is -2.04. The number of methoxy groups -OCH3 is 1. The third-order valence-electron chi connectivity index (χ3n) is 3.76. The molecule has 0 radical (unpaired) electrons. The maximum absolute atomic E-state index is 12.2. The Bertz CT molecular complexity index is 889. The van der Waals surface area contributed by atoms with E-state index in [2.05, 4.69) is 20.2 Å². The smallest absolute Gasteiger partial charge is 0.337 e. The lowest BCUT2D eigenvalue weighted by atomic mass is 10.1. The second-order valence-electron chi connectivity index (χ2n) is 5.51. The van der Waals surface area contributed by atoms with Crippen LogP contribution in [0.15, 0.2) is 59.4 Å². The van der Waals surface area contributed by atoms with Gasteiger partial charge in [0.05, 0.1) is 12.7 Å². The Kier molecular flexibility index (Phi) is 5.38. The number of hydrogen-bond donors (Lipinski definition) is 1. The molecule has 0 fully saturated rings. The van der Waals surface area contributed by atoms with Crippen LogP contribution in [0.3, 0.4) is 0 Å². The van der Waals surface area contributed by atoms with Gasteiger partial charge in [0.25, 0.3) is 5.91 Å². The Balaban J connectivity index is 1.53. The van der Waals surface area contributed by atoms with Gasteiger partial charge in [0.1, 0.15) is 0 Å². The molecule has 2 aromatic heterocycles. The average molecular weight is 351 g/mol. The Morgan fingerprint density at radius 3 is 2.69 bits per heavy atom. The maximum atomic E-state index is 12.2. The van der Waals surface area contributed by atoms with Crippen molar-refractivity contribution >= 4 is 11.9 Å². The lowest BCUT2D eigenvalue weighted by Crippen LogP contribution is -2.25. The third-order valence-corrected chi connectivity index (χ3v) is 3.76. The number of nitrogens with one attached hydrogen (secondary N) is 1. The first kappa shape index (κ1) is 17.3. The molecule has 2 heterocycles. The largest absolute Gasteiger partial charge is 0.465 e. The second kappa shape index (κ2) is 8.06. The SMILES string of the molecule is COC(=O)c1ccc(CCNC(=O)c2cc(-c3cccnc3)on2)cc1. The standard InChI is InChI=1S/C19H17N3O4/c1-25-19(24)14-6-4-13(5-7-14)8-10-21-18(23)16-11-17(26-22-16)15-3-2-9-20-12-15/h2-7,9,11-12H,8,10H2,1H3,(H,21,23). The van der Waals surface area contributed by atoms with Gasteiger partial charge in [-0.3, -0.25) is 9.78 Å². The van der Waals surface area contributed by atoms with Gasteiger partial charge in [0.15, 0.2) is 11.5 Å². The van der Waals surface area contributed by atoms with E-state index in [-0.39, 0.29) is 17.6 Å². The van der Waals surface area contributed by atoms with Gasteiger partial charge < -0.3 is 14.6 Å². The first-order valence-electron chi connectivity index (χ1n) is 8.00. The van der Waals surface area contributed by atoms with Crippen molar-refractivity contribution in [3.63, 3.8) is 0 Å². The number of esters is 1. The summed E-state index contributed by atoms with van der Waals surface area (Å²) in [6, 6.07) is 12.2. The van der Waals surface area contributed by atoms with E-state index in [4.69, 9.17) is 4.52 Å². The molecule has 3 aromatic rings. The van der Waals surface area contributed by atoms with Crippen LogP contribution < -0.4 is 5.32 Å². The highest BCUT2D eigenvalue weighted by Crippen LogP contribution is 2.18. The van der Waals surface area contributed by atoms with Crippen molar-refractivity contribution in [2.75, 3.05) is 13.7 Å². The van der Waals surface area contributed by atoms with Crippen molar-refractivity contribution in [2.45, 2.75) is 6.42 Å². The Labute approximate surface area is 150 Å². The summed E-state index contributed by atoms with van der Waals surface area (Å²) in [4.78, 5) is 27.5. The Morgan fingerprint density at radius 1 is 1.19 bits per heavy atom. The van der Waals surface area contributed by atoms with E-state index < -0.39 is 0 Å². The summed E-state index contributed by atoms with van der Waals surface area (Å²) in [7, 11) is 1.34. The van der Waals surface area contributed by atoms with Gasteiger partial charge in [-0.05, 0) is 36.2 Å². The number of pyridine rings is 1. The summed E-state index contributed by atoms with van der Waals surface area (Å²) in [6.45, 7) is 0.436. The van der Waals surface area contributed by atoms with Gasteiger partial charge in [-0.2, -0.15) is 0 Å². The molecule has 0 saturated carbocycles. The van der Waals surface area contributed by atoms with Crippen molar-refractivity contribution in [1.29, 1.82) is 0 Å². The summed E-state index contributed by atoms with van der Waals surface area (Å²) >= 11 is 0. The molecule has 0 aliphatic heterocycles. The molecular weight excluding hydrogens is 334 g/mol. The molecule has 0 aliphatic rings. The number of carbonyl (C=O) groups is 2. The highest BCUT2D eigenvalue weighted by atomic mass is 16.5. The fraction of sp³-hybridized carbons (Fsp3) is 0.158. The molecule has 7 nitrogen and oxygen atoms in total. The van der Waals surface area contributed by atoms with Crippen molar-refractivity contribution < 1.29 is 18.8 Å². The van der Waals surface area contributed by atoms with Gasteiger partial charge in [-0.15, -0.1) is 0 Å². The predicted octanol–water partition coefficient (Wildman–Crippen LogP) is 2.50. The fourth-order valence-electron chi connectivity index (χ4n) is 2.36. The minimum atomic E-state index is -0.375. The topological polar surface area (TPSA) is 94.3 Å². The number of aromatic nitrogens is 2. The average Bonchev–Trinajstić information content (AvgIpc) is 3.19. The molecule has 3 rings (SSSR count). The second-order valence-corrected chi connectivity index (χ2v) is 5.51. The van der Waals surface area contributed by atoms with E-state index in [9.17, 15) is 9.59 Å². The maximum Gasteiger partial charge on any atom is 0.337 e. The van der Waals surface area contributed by atoms with Crippen LogP contribution in [-0.4, -0.2) is 35.7 Å². The molecular formula is C19H17N3O4. The molecule has 132 valence electrons. The van der Waals surface area contributed by atoms with Crippen LogP contribution in [0.2, 0.25) is 0 Å². The van der Waals surface area contributed by atoms with Crippen molar-refractivity contribution in [3.8, 4) is 11.3 Å². The van der Waals surface area contributed by atoms with Crippen molar-refractivity contribution in [1.82, 2.24) is 15.5 Å². The van der Waals surface area contributed by atoms with E-state index in [1.165, 1.54) is 7.11 Å². The van der Waals surface area contributed by atoms with Crippen LogP contribution in [-0.2, 0) is 11.2 Å². The summed E-state index contributed by atoms with van der Waals surface area (Å²) in [6.07, 6.45) is 3.92. The quantitative estimate of drug-likeness (QED) is 0.686. The van der Waals surface area contributed by atoms with E-state index >= 15 is 0 Å². The number of carbonyl (C=O) groups excluding carboxylic acids is 2. The monoisotopic (exact) mass is 351 g/mol. The minimum absolute atomic E-state index is 0.213. The van der Waals surface area contributed by atoms with Crippen LogP contribution in [0.4, 0.5) is 0 Å². The molecule has 0 bridgehead atoms. The summed E-state index contributed by atoms with van der Waals surface area (Å²) in [5, 5.41) is 6.58. The van der Waals surface area contributed by atoms with E-state index in [0.29, 0.717) is 24.3 Å². The van der Waals surface area contributed by atoms with E-state index in [0.717, 1.165) is 11.1 Å². The first-order valence-corrected chi connectivity index (χ1v) is 8.00. The van der Waals surface area contributed by atoms with Crippen LogP contribution >= 0.6 is 0 Å². The molecule has 7 heteroatoms. The highest BCUT2D eigenvalue weighted by Gasteiger charge is 2.13. The summed E-state index contributed by atoms with van der Waals surface area (Å²) in [5.74, 6) is -0.197. The first-order chi connectivity index (χ1) is 12.7. The minimum Gasteiger partial charge on any atom is -0.465 e. The molecule has 26 heavy (non-hydrogen) atoms. The van der Waals surface area contributed by atoms with E-state index in [1.807, 2.05) is 18.2 Å². The van der Waals surface area contributed by atoms with Crippen LogP contribution in [0.25, 0.3) is 11.3 Å². The molecule has 0 aliphatic carbocycles. The predicted molar refractivity (Wildman–Crippen MR) is 93.6 cm³/mol. The summed E-state index contributed by atoms with van der Waals surface area (Å²) < 4.78 is 9.84. The third kappa shape index (κ3) is 4.13. The molecule has 1 aromatic carbocycles. The zero-order chi connectivity index (χ0) is 18.4. The molecule has 0 spiro atoms. The van der Waals surface area contributed by atoms with Crippen molar-refractivity contribution in [2.24, 2.45) is 0 Å². The van der Waals surface area contributed by atoms with Gasteiger partial charge in [0.2, 0.25) is 0 Å². The molecule has 0 saturated heterocycles. The summed E-state index contributed by atoms with van der Waals surface area (Å²) in [5.41, 5.74) is 2.45. The number of hydrogen-bond acceptors (Lipinski definition) is 6. The molecule has 0 unspecified atom stereocenters. The van der Waals surface area contributed by atoms with Gasteiger partial charge >= 0.3 is 5.97 Å². The van der Waals surface area contributed by atoms with E-state index in [1.54, 1.807) is 36.7 Å². The lowest BCUT2D eigenvalue weighted by molar-refractivity contribution is 0.0600. The van der Waals surface area contributed by atoms with Crippen molar-refractivity contribution in [3.05, 3.63) is 71.7 Å². The number of ether oxygens (including phenoxy) is 1. The van der Waals surface area contributed by atoms with Gasteiger partial charge in [-0.25, -0.2) is 4.79 Å².